The summed E-state index contributed by atoms with van der Waals surface area (Å²) < 4.78 is 3.13. The highest BCUT2D eigenvalue weighted by atomic mass is 35.6. The highest BCUT2D eigenvalue weighted by Gasteiger charge is 2.34. The Hall–Kier alpha value is -0.550. The van der Waals surface area contributed by atoms with Crippen LogP contribution in [0.4, 0.5) is 0 Å². The number of halogens is 3. The summed E-state index contributed by atoms with van der Waals surface area (Å²) in [5.74, 6) is -0.425. The van der Waals surface area contributed by atoms with Gasteiger partial charge in [0.05, 0.1) is 5.56 Å². The third-order valence-electron chi connectivity index (χ3n) is 1.72. The van der Waals surface area contributed by atoms with Crippen molar-refractivity contribution in [1.29, 1.82) is 0 Å². The first kappa shape index (κ1) is 13.5. The van der Waals surface area contributed by atoms with Crippen LogP contribution in [-0.4, -0.2) is 28.0 Å². The van der Waals surface area contributed by atoms with Crippen molar-refractivity contribution in [3.63, 3.8) is 0 Å². The Morgan fingerprint density at radius 1 is 1.56 bits per heavy atom. The van der Waals surface area contributed by atoms with Crippen LogP contribution in [0.3, 0.4) is 0 Å². The molecule has 0 radical (unpaired) electrons. The molecule has 7 heteroatoms. The fourth-order valence-electron chi connectivity index (χ4n) is 0.974. The number of methoxy groups -OCH3 is 1. The van der Waals surface area contributed by atoms with Gasteiger partial charge in [-0.2, -0.15) is 0 Å². The fraction of sp³-hybridized carbons (Fsp3) is 0.333. The zero-order valence-electron chi connectivity index (χ0n) is 8.28. The first-order valence-corrected chi connectivity index (χ1v) is 5.39. The van der Waals surface area contributed by atoms with Crippen LogP contribution in [0.2, 0.25) is 0 Å². The van der Waals surface area contributed by atoms with Crippen LogP contribution in [0.15, 0.2) is 24.5 Å². The molecule has 0 spiro atoms. The van der Waals surface area contributed by atoms with E-state index in [1.807, 2.05) is 0 Å². The van der Waals surface area contributed by atoms with Crippen LogP contribution in [0.25, 0.3) is 0 Å². The molecule has 1 atom stereocenters. The van der Waals surface area contributed by atoms with Crippen molar-refractivity contribution in [3.05, 3.63) is 30.1 Å². The summed E-state index contributed by atoms with van der Waals surface area (Å²) in [4.78, 5) is 15.5. The molecule has 1 heterocycles. The summed E-state index contributed by atoms with van der Waals surface area (Å²) in [5.41, 5.74) is 0.360. The molecule has 0 aromatic carbocycles. The molecule has 4 nitrogen and oxygen atoms in total. The van der Waals surface area contributed by atoms with Crippen molar-refractivity contribution < 1.29 is 9.53 Å². The molecule has 1 unspecified atom stereocenters. The van der Waals surface area contributed by atoms with Gasteiger partial charge in [0.25, 0.3) is 5.91 Å². The third kappa shape index (κ3) is 3.79. The van der Waals surface area contributed by atoms with Gasteiger partial charge in [-0.15, -0.1) is 0 Å². The Kier molecular flexibility index (Phi) is 4.80. The van der Waals surface area contributed by atoms with Gasteiger partial charge in [-0.3, -0.25) is 9.78 Å². The summed E-state index contributed by atoms with van der Waals surface area (Å²) in [7, 11) is 1.33. The predicted molar refractivity (Wildman–Crippen MR) is 62.8 cm³/mol. The second-order valence-corrected chi connectivity index (χ2v) is 5.24. The summed E-state index contributed by atoms with van der Waals surface area (Å²) in [5, 5.41) is 2.43. The van der Waals surface area contributed by atoms with Crippen LogP contribution >= 0.6 is 34.8 Å². The molecule has 1 N–H and O–H groups in total. The van der Waals surface area contributed by atoms with E-state index in [1.54, 1.807) is 18.3 Å². The number of rotatable bonds is 3. The minimum Gasteiger partial charge on any atom is -0.357 e. The van der Waals surface area contributed by atoms with E-state index in [-0.39, 0.29) is 0 Å². The number of nitrogens with zero attached hydrogens (tertiary/aromatic N) is 1. The lowest BCUT2D eigenvalue weighted by molar-refractivity contribution is 0.0596. The van der Waals surface area contributed by atoms with Crippen molar-refractivity contribution in [2.24, 2.45) is 0 Å². The zero-order valence-corrected chi connectivity index (χ0v) is 10.6. The van der Waals surface area contributed by atoms with Gasteiger partial charge in [0, 0.05) is 19.5 Å². The van der Waals surface area contributed by atoms with Gasteiger partial charge >= 0.3 is 0 Å². The maximum atomic E-state index is 11.7. The number of pyridine rings is 1. The molecule has 0 aliphatic heterocycles. The smallest absolute Gasteiger partial charge is 0.254 e. The van der Waals surface area contributed by atoms with Gasteiger partial charge in [0.2, 0.25) is 3.79 Å². The summed E-state index contributed by atoms with van der Waals surface area (Å²) in [6.45, 7) is 0. The molecule has 0 aliphatic carbocycles. The maximum absolute atomic E-state index is 11.7. The number of carbonyl (C=O) groups excluding carboxylic acids is 1. The van der Waals surface area contributed by atoms with Crippen molar-refractivity contribution in [1.82, 2.24) is 10.3 Å². The van der Waals surface area contributed by atoms with E-state index >= 15 is 0 Å². The lowest BCUT2D eigenvalue weighted by Crippen LogP contribution is -2.45. The Balaban J connectivity index is 2.71. The largest absolute Gasteiger partial charge is 0.357 e. The molecule has 1 amide bonds. The Labute approximate surface area is 108 Å². The zero-order chi connectivity index (χ0) is 12.2. The molecule has 1 aromatic heterocycles. The molecule has 1 rings (SSSR count). The van der Waals surface area contributed by atoms with Crippen LogP contribution in [0.5, 0.6) is 0 Å². The molecule has 16 heavy (non-hydrogen) atoms. The highest BCUT2D eigenvalue weighted by molar-refractivity contribution is 6.68. The molecule has 88 valence electrons. The Bertz CT molecular complexity index is 354. The number of carbonyl (C=O) groups is 1. The van der Waals surface area contributed by atoms with Gasteiger partial charge in [-0.1, -0.05) is 34.8 Å². The number of amides is 1. The Morgan fingerprint density at radius 2 is 2.25 bits per heavy atom. The summed E-state index contributed by atoms with van der Waals surface area (Å²) in [6, 6.07) is 3.22. The third-order valence-corrected chi connectivity index (χ3v) is 2.31. The van der Waals surface area contributed by atoms with Gasteiger partial charge in [0.1, 0.15) is 0 Å². The van der Waals surface area contributed by atoms with Crippen LogP contribution in [0.1, 0.15) is 10.4 Å². The Morgan fingerprint density at radius 3 is 2.69 bits per heavy atom. The van der Waals surface area contributed by atoms with E-state index in [0.29, 0.717) is 5.56 Å². The molecule has 0 aliphatic rings. The van der Waals surface area contributed by atoms with Crippen molar-refractivity contribution in [3.8, 4) is 0 Å². The molecule has 1 aromatic rings. The minimum absolute atomic E-state index is 0.360. The van der Waals surface area contributed by atoms with Crippen LogP contribution in [0, 0.1) is 0 Å². The first-order chi connectivity index (χ1) is 7.45. The predicted octanol–water partition coefficient (Wildman–Crippen LogP) is 2.15. The van der Waals surface area contributed by atoms with E-state index in [1.165, 1.54) is 13.3 Å². The monoisotopic (exact) mass is 282 g/mol. The number of alkyl halides is 3. The van der Waals surface area contributed by atoms with Crippen LogP contribution < -0.4 is 5.32 Å². The number of hydrogen-bond donors (Lipinski definition) is 1. The molecule has 0 bridgehead atoms. The van der Waals surface area contributed by atoms with Gasteiger partial charge in [-0.05, 0) is 12.1 Å². The van der Waals surface area contributed by atoms with E-state index < -0.39 is 15.9 Å². The van der Waals surface area contributed by atoms with E-state index in [9.17, 15) is 4.79 Å². The molecule has 0 saturated heterocycles. The van der Waals surface area contributed by atoms with Crippen molar-refractivity contribution in [2.75, 3.05) is 7.11 Å². The molecule has 0 saturated carbocycles. The first-order valence-electron chi connectivity index (χ1n) is 4.25. The minimum atomic E-state index is -1.73. The normalized spacial score (nSPS) is 13.2. The second kappa shape index (κ2) is 5.68. The number of aromatic nitrogens is 1. The number of ether oxygens (including phenoxy) is 1. The molecule has 0 fully saturated rings. The maximum Gasteiger partial charge on any atom is 0.254 e. The fourth-order valence-corrected chi connectivity index (χ4v) is 1.40. The van der Waals surface area contributed by atoms with E-state index in [2.05, 4.69) is 10.3 Å². The van der Waals surface area contributed by atoms with Gasteiger partial charge < -0.3 is 10.1 Å². The topological polar surface area (TPSA) is 51.2 Å². The van der Waals surface area contributed by atoms with Gasteiger partial charge in [-0.25, -0.2) is 0 Å². The van der Waals surface area contributed by atoms with Crippen LogP contribution in [-0.2, 0) is 4.74 Å². The van der Waals surface area contributed by atoms with Gasteiger partial charge in [0.15, 0.2) is 6.23 Å². The van der Waals surface area contributed by atoms with E-state index in [0.717, 1.165) is 0 Å². The summed E-state index contributed by atoms with van der Waals surface area (Å²) in [6.07, 6.45) is 1.94. The SMILES string of the molecule is COC(NC(=O)c1cccnc1)C(Cl)(Cl)Cl. The second-order valence-electron chi connectivity index (χ2n) is 2.87. The van der Waals surface area contributed by atoms with Crippen molar-refractivity contribution in [2.45, 2.75) is 10.0 Å². The average molecular weight is 284 g/mol. The number of hydrogen-bond acceptors (Lipinski definition) is 3. The lowest BCUT2D eigenvalue weighted by Gasteiger charge is -2.23. The summed E-state index contributed by atoms with van der Waals surface area (Å²) >= 11 is 16.8. The molecular formula is C9H9Cl3N2O2. The van der Waals surface area contributed by atoms with E-state index in [4.69, 9.17) is 39.5 Å². The highest BCUT2D eigenvalue weighted by Crippen LogP contribution is 2.30. The standard InChI is InChI=1S/C9H9Cl3N2O2/c1-16-8(9(10,11)12)14-7(15)6-3-2-4-13-5-6/h2-5,8H,1H3,(H,14,15). The quantitative estimate of drug-likeness (QED) is 0.683. The average Bonchev–Trinajstić information content (AvgIpc) is 2.25. The lowest BCUT2D eigenvalue weighted by atomic mass is 10.3. The molecular weight excluding hydrogens is 274 g/mol. The van der Waals surface area contributed by atoms with Crippen molar-refractivity contribution >= 4 is 40.7 Å². The number of nitrogens with one attached hydrogen (secondary N) is 1.